The van der Waals surface area contributed by atoms with Gasteiger partial charge in [-0.15, -0.1) is 0 Å². The monoisotopic (exact) mass is 323 g/mol. The van der Waals surface area contributed by atoms with Gasteiger partial charge in [0.1, 0.15) is 5.75 Å². The number of methoxy groups -OCH3 is 1. The second-order valence-corrected chi connectivity index (χ2v) is 7.33. The minimum absolute atomic E-state index is 0.303. The van der Waals surface area contributed by atoms with Crippen molar-refractivity contribution >= 4 is 0 Å². The normalized spacial score (nSPS) is 24.7. The molecular formula is C22H29NO. The fourth-order valence-electron chi connectivity index (χ4n) is 3.85. The van der Waals surface area contributed by atoms with Crippen LogP contribution >= 0.6 is 0 Å². The predicted octanol–water partition coefficient (Wildman–Crippen LogP) is 4.54. The first kappa shape index (κ1) is 17.0. The molecule has 0 N–H and O–H groups in total. The van der Waals surface area contributed by atoms with E-state index in [2.05, 4.69) is 73.3 Å². The Morgan fingerprint density at radius 2 is 1.79 bits per heavy atom. The van der Waals surface area contributed by atoms with Crippen LogP contribution in [0.1, 0.15) is 31.4 Å². The van der Waals surface area contributed by atoms with E-state index in [1.807, 2.05) is 0 Å². The van der Waals surface area contributed by atoms with Crippen LogP contribution in [0.4, 0.5) is 0 Å². The smallest absolute Gasteiger partial charge is 0.118 e. The zero-order valence-corrected chi connectivity index (χ0v) is 15.2. The highest BCUT2D eigenvalue weighted by atomic mass is 16.5. The van der Waals surface area contributed by atoms with Crippen LogP contribution in [-0.4, -0.2) is 31.6 Å². The average Bonchev–Trinajstić information content (AvgIpc) is 2.64. The maximum atomic E-state index is 5.23. The van der Waals surface area contributed by atoms with Gasteiger partial charge in [-0.2, -0.15) is 0 Å². The average molecular weight is 323 g/mol. The summed E-state index contributed by atoms with van der Waals surface area (Å²) in [6.07, 6.45) is 2.35. The van der Waals surface area contributed by atoms with E-state index in [1.165, 1.54) is 30.6 Å². The van der Waals surface area contributed by atoms with Gasteiger partial charge in [-0.05, 0) is 54.0 Å². The van der Waals surface area contributed by atoms with E-state index in [1.54, 1.807) is 7.11 Å². The number of hydrogen-bond acceptors (Lipinski definition) is 2. The second kappa shape index (κ2) is 7.40. The van der Waals surface area contributed by atoms with Crippen LogP contribution in [0.25, 0.3) is 0 Å². The van der Waals surface area contributed by atoms with E-state index in [0.29, 0.717) is 11.3 Å². The number of nitrogens with zero attached hydrogens (tertiary/aromatic N) is 1. The first-order valence-corrected chi connectivity index (χ1v) is 9.02. The third-order valence-electron chi connectivity index (χ3n) is 5.88. The first-order chi connectivity index (χ1) is 11.6. The molecule has 2 aromatic carbocycles. The van der Waals surface area contributed by atoms with Crippen LogP contribution in [0.2, 0.25) is 0 Å². The lowest BCUT2D eigenvalue weighted by Crippen LogP contribution is -2.47. The summed E-state index contributed by atoms with van der Waals surface area (Å²) in [6.45, 7) is 8.36. The molecule has 0 aromatic heterocycles. The molecule has 3 rings (SSSR count). The molecule has 24 heavy (non-hydrogen) atoms. The quantitative estimate of drug-likeness (QED) is 0.801. The number of benzene rings is 2. The van der Waals surface area contributed by atoms with Crippen molar-refractivity contribution < 1.29 is 4.74 Å². The first-order valence-electron chi connectivity index (χ1n) is 9.02. The number of hydrogen-bond donors (Lipinski definition) is 0. The number of likely N-dealkylation sites (tertiary alicyclic amines) is 1. The van der Waals surface area contributed by atoms with Gasteiger partial charge in [0.2, 0.25) is 0 Å². The lowest BCUT2D eigenvalue weighted by molar-refractivity contribution is 0.112. The van der Waals surface area contributed by atoms with Crippen molar-refractivity contribution in [1.29, 1.82) is 0 Å². The maximum Gasteiger partial charge on any atom is 0.118 e. The Balaban J connectivity index is 1.57. The molecule has 2 heteroatoms. The van der Waals surface area contributed by atoms with Gasteiger partial charge in [-0.25, -0.2) is 0 Å². The van der Waals surface area contributed by atoms with Gasteiger partial charge in [0, 0.05) is 13.1 Å². The van der Waals surface area contributed by atoms with Crippen LogP contribution in [0.15, 0.2) is 54.6 Å². The van der Waals surface area contributed by atoms with Crippen LogP contribution in [0, 0.1) is 5.92 Å². The molecule has 1 saturated heterocycles. The standard InChI is InChI=1S/C22H29NO/c1-18-17-23(15-13-19-9-11-21(24-3)12-10-19)16-14-22(18,2)20-7-5-4-6-8-20/h4-12,18H,13-17H2,1-3H3/t18-,22-/m0/s1. The molecule has 2 nitrogen and oxygen atoms in total. The van der Waals surface area contributed by atoms with E-state index < -0.39 is 0 Å². The molecule has 0 amide bonds. The zero-order valence-electron chi connectivity index (χ0n) is 15.2. The Labute approximate surface area is 146 Å². The molecule has 0 bridgehead atoms. The minimum Gasteiger partial charge on any atom is -0.497 e. The molecule has 0 aliphatic carbocycles. The van der Waals surface area contributed by atoms with E-state index in [-0.39, 0.29) is 0 Å². The van der Waals surface area contributed by atoms with E-state index in [4.69, 9.17) is 4.74 Å². The third-order valence-corrected chi connectivity index (χ3v) is 5.88. The van der Waals surface area contributed by atoms with Crippen molar-refractivity contribution in [3.8, 4) is 5.75 Å². The lowest BCUT2D eigenvalue weighted by Gasteiger charge is -2.45. The van der Waals surface area contributed by atoms with Crippen molar-refractivity contribution in [3.05, 3.63) is 65.7 Å². The number of rotatable bonds is 5. The van der Waals surface area contributed by atoms with Crippen LogP contribution < -0.4 is 4.74 Å². The molecule has 0 radical (unpaired) electrons. The number of piperidine rings is 1. The summed E-state index contributed by atoms with van der Waals surface area (Å²) in [4.78, 5) is 2.62. The highest BCUT2D eigenvalue weighted by Gasteiger charge is 2.37. The Bertz CT molecular complexity index is 637. The van der Waals surface area contributed by atoms with Gasteiger partial charge in [0.15, 0.2) is 0 Å². The third kappa shape index (κ3) is 3.64. The Morgan fingerprint density at radius 3 is 2.42 bits per heavy atom. The van der Waals surface area contributed by atoms with Crippen molar-refractivity contribution in [2.75, 3.05) is 26.7 Å². The molecule has 2 aromatic rings. The highest BCUT2D eigenvalue weighted by molar-refractivity contribution is 5.28. The molecule has 128 valence electrons. The number of ether oxygens (including phenoxy) is 1. The fourth-order valence-corrected chi connectivity index (χ4v) is 3.85. The predicted molar refractivity (Wildman–Crippen MR) is 101 cm³/mol. The SMILES string of the molecule is COc1ccc(CCN2CC[C@](C)(c3ccccc3)[C@@H](C)C2)cc1. The fraction of sp³-hybridized carbons (Fsp3) is 0.455. The summed E-state index contributed by atoms with van der Waals surface area (Å²) in [5.41, 5.74) is 3.19. The topological polar surface area (TPSA) is 12.5 Å². The van der Waals surface area contributed by atoms with E-state index >= 15 is 0 Å². The molecule has 0 saturated carbocycles. The van der Waals surface area contributed by atoms with Gasteiger partial charge in [-0.3, -0.25) is 0 Å². The van der Waals surface area contributed by atoms with E-state index in [0.717, 1.165) is 18.7 Å². The highest BCUT2D eigenvalue weighted by Crippen LogP contribution is 2.39. The summed E-state index contributed by atoms with van der Waals surface area (Å²) < 4.78 is 5.23. The summed E-state index contributed by atoms with van der Waals surface area (Å²) in [5, 5.41) is 0. The van der Waals surface area contributed by atoms with Crippen molar-refractivity contribution in [3.63, 3.8) is 0 Å². The molecule has 1 fully saturated rings. The van der Waals surface area contributed by atoms with Crippen molar-refractivity contribution in [1.82, 2.24) is 4.90 Å². The van der Waals surface area contributed by atoms with Crippen molar-refractivity contribution in [2.45, 2.75) is 32.1 Å². The Hall–Kier alpha value is -1.80. The van der Waals surface area contributed by atoms with Gasteiger partial charge < -0.3 is 9.64 Å². The summed E-state index contributed by atoms with van der Waals surface area (Å²) in [6, 6.07) is 19.5. The van der Waals surface area contributed by atoms with Gasteiger partial charge in [0.25, 0.3) is 0 Å². The lowest BCUT2D eigenvalue weighted by atomic mass is 9.68. The molecule has 1 aliphatic rings. The summed E-state index contributed by atoms with van der Waals surface area (Å²) >= 11 is 0. The molecule has 1 aliphatic heterocycles. The second-order valence-electron chi connectivity index (χ2n) is 7.33. The minimum atomic E-state index is 0.303. The molecular weight excluding hydrogens is 294 g/mol. The Morgan fingerprint density at radius 1 is 1.08 bits per heavy atom. The zero-order chi connectivity index (χ0) is 17.0. The van der Waals surface area contributed by atoms with Crippen LogP contribution in [-0.2, 0) is 11.8 Å². The van der Waals surface area contributed by atoms with Gasteiger partial charge in [-0.1, -0.05) is 56.3 Å². The molecule has 1 heterocycles. The van der Waals surface area contributed by atoms with Crippen molar-refractivity contribution in [2.24, 2.45) is 5.92 Å². The largest absolute Gasteiger partial charge is 0.497 e. The maximum absolute atomic E-state index is 5.23. The summed E-state index contributed by atoms with van der Waals surface area (Å²) in [7, 11) is 1.72. The van der Waals surface area contributed by atoms with Crippen LogP contribution in [0.3, 0.4) is 0 Å². The van der Waals surface area contributed by atoms with Gasteiger partial charge in [0.05, 0.1) is 7.11 Å². The molecule has 2 atom stereocenters. The van der Waals surface area contributed by atoms with E-state index in [9.17, 15) is 0 Å². The molecule has 0 unspecified atom stereocenters. The summed E-state index contributed by atoms with van der Waals surface area (Å²) in [5.74, 6) is 1.61. The van der Waals surface area contributed by atoms with Gasteiger partial charge >= 0.3 is 0 Å². The Kier molecular flexibility index (Phi) is 5.25. The molecule has 0 spiro atoms. The van der Waals surface area contributed by atoms with Crippen LogP contribution in [0.5, 0.6) is 5.75 Å².